The van der Waals surface area contributed by atoms with Gasteiger partial charge < -0.3 is 10.3 Å². The molecule has 1 aliphatic rings. The molecule has 0 spiro atoms. The number of aromatic nitrogens is 1. The fourth-order valence-corrected chi connectivity index (χ4v) is 4.70. The Morgan fingerprint density at radius 3 is 2.81 bits per heavy atom. The first-order chi connectivity index (χ1) is 12.6. The number of likely N-dealkylation sites (tertiary alicyclic amines) is 1. The van der Waals surface area contributed by atoms with Gasteiger partial charge in [-0.3, -0.25) is 9.69 Å². The standard InChI is InChI=1S/C21H25N3OS/c1-14-15(2)23-18-8-7-16(12-17(14)18)21(25)22-13-19(20-6-5-11-26-20)24-9-3-4-10-24/h5-8,11-12,19,23H,3-4,9-10,13H2,1-2H3,(H,22,25)/t19-/m0/s1. The second-order valence-electron chi connectivity index (χ2n) is 7.12. The minimum absolute atomic E-state index is 0.00547. The second-order valence-corrected chi connectivity index (χ2v) is 8.10. The average Bonchev–Trinajstić information content (AvgIpc) is 3.39. The van der Waals surface area contributed by atoms with Crippen molar-refractivity contribution in [2.24, 2.45) is 0 Å². The molecule has 136 valence electrons. The van der Waals surface area contributed by atoms with E-state index in [-0.39, 0.29) is 11.9 Å². The summed E-state index contributed by atoms with van der Waals surface area (Å²) in [5, 5.41) is 6.42. The van der Waals surface area contributed by atoms with Crippen LogP contribution >= 0.6 is 11.3 Å². The number of thiophene rings is 1. The van der Waals surface area contributed by atoms with Crippen LogP contribution in [0.3, 0.4) is 0 Å². The maximum Gasteiger partial charge on any atom is 0.251 e. The molecule has 1 fully saturated rings. The van der Waals surface area contributed by atoms with Crippen LogP contribution in [0.15, 0.2) is 35.7 Å². The summed E-state index contributed by atoms with van der Waals surface area (Å²) in [4.78, 5) is 19.9. The topological polar surface area (TPSA) is 48.1 Å². The molecule has 26 heavy (non-hydrogen) atoms. The molecular weight excluding hydrogens is 342 g/mol. The van der Waals surface area contributed by atoms with Gasteiger partial charge in [-0.15, -0.1) is 11.3 Å². The van der Waals surface area contributed by atoms with Gasteiger partial charge in [0.15, 0.2) is 0 Å². The Hall–Kier alpha value is -2.11. The molecule has 1 aliphatic heterocycles. The van der Waals surface area contributed by atoms with Crippen molar-refractivity contribution in [3.8, 4) is 0 Å². The van der Waals surface area contributed by atoms with E-state index in [1.165, 1.54) is 23.3 Å². The molecule has 1 aromatic carbocycles. The first kappa shape index (κ1) is 17.3. The minimum atomic E-state index is 0.00547. The van der Waals surface area contributed by atoms with Crippen molar-refractivity contribution in [3.05, 3.63) is 57.4 Å². The number of nitrogens with zero attached hydrogens (tertiary/aromatic N) is 1. The van der Waals surface area contributed by atoms with Crippen molar-refractivity contribution in [2.75, 3.05) is 19.6 Å². The highest BCUT2D eigenvalue weighted by molar-refractivity contribution is 7.10. The molecule has 3 aromatic rings. The number of aromatic amines is 1. The fourth-order valence-electron chi connectivity index (χ4n) is 3.84. The van der Waals surface area contributed by atoms with E-state index in [0.717, 1.165) is 35.2 Å². The molecule has 4 rings (SSSR count). The quantitative estimate of drug-likeness (QED) is 0.701. The highest BCUT2D eigenvalue weighted by atomic mass is 32.1. The van der Waals surface area contributed by atoms with Gasteiger partial charge in [0.25, 0.3) is 5.91 Å². The number of hydrogen-bond acceptors (Lipinski definition) is 3. The molecule has 4 nitrogen and oxygen atoms in total. The van der Waals surface area contributed by atoms with Crippen LogP contribution in [-0.4, -0.2) is 35.4 Å². The Bertz CT molecular complexity index is 907. The smallest absolute Gasteiger partial charge is 0.251 e. The number of nitrogens with one attached hydrogen (secondary N) is 2. The number of carbonyl (C=O) groups excluding carboxylic acids is 1. The number of rotatable bonds is 5. The number of carbonyl (C=O) groups is 1. The van der Waals surface area contributed by atoms with E-state index in [0.29, 0.717) is 6.54 Å². The van der Waals surface area contributed by atoms with Gasteiger partial charge in [0.1, 0.15) is 0 Å². The summed E-state index contributed by atoms with van der Waals surface area (Å²) in [5.41, 5.74) is 4.18. The van der Waals surface area contributed by atoms with Gasteiger partial charge in [-0.25, -0.2) is 0 Å². The predicted molar refractivity (Wildman–Crippen MR) is 108 cm³/mol. The average molecular weight is 368 g/mol. The summed E-state index contributed by atoms with van der Waals surface area (Å²) in [6, 6.07) is 10.5. The lowest BCUT2D eigenvalue weighted by Gasteiger charge is -2.27. The molecule has 2 aromatic heterocycles. The van der Waals surface area contributed by atoms with Crippen LogP contribution in [0.5, 0.6) is 0 Å². The number of H-pyrrole nitrogens is 1. The fraction of sp³-hybridized carbons (Fsp3) is 0.381. The summed E-state index contributed by atoms with van der Waals surface area (Å²) < 4.78 is 0. The molecule has 0 radical (unpaired) electrons. The zero-order chi connectivity index (χ0) is 18.1. The van der Waals surface area contributed by atoms with Gasteiger partial charge in [-0.05, 0) is 75.0 Å². The Morgan fingerprint density at radius 2 is 2.08 bits per heavy atom. The van der Waals surface area contributed by atoms with Gasteiger partial charge in [0, 0.05) is 33.6 Å². The van der Waals surface area contributed by atoms with Gasteiger partial charge in [0.05, 0.1) is 6.04 Å². The van der Waals surface area contributed by atoms with Gasteiger partial charge in [-0.2, -0.15) is 0 Å². The first-order valence-corrected chi connectivity index (χ1v) is 10.2. The molecule has 2 N–H and O–H groups in total. The van der Waals surface area contributed by atoms with Crippen molar-refractivity contribution < 1.29 is 4.79 Å². The van der Waals surface area contributed by atoms with Crippen LogP contribution < -0.4 is 5.32 Å². The van der Waals surface area contributed by atoms with Gasteiger partial charge >= 0.3 is 0 Å². The highest BCUT2D eigenvalue weighted by Crippen LogP contribution is 2.28. The third-order valence-corrected chi connectivity index (χ3v) is 6.45. The summed E-state index contributed by atoms with van der Waals surface area (Å²) in [5.74, 6) is 0.00547. The van der Waals surface area contributed by atoms with E-state index in [9.17, 15) is 4.79 Å². The molecule has 5 heteroatoms. The Labute approximate surface area is 158 Å². The number of fused-ring (bicyclic) bond motifs is 1. The van der Waals surface area contributed by atoms with E-state index < -0.39 is 0 Å². The van der Waals surface area contributed by atoms with Crippen LogP contribution in [0.2, 0.25) is 0 Å². The van der Waals surface area contributed by atoms with Crippen molar-refractivity contribution >= 4 is 28.1 Å². The summed E-state index contributed by atoms with van der Waals surface area (Å²) in [6.07, 6.45) is 2.50. The van der Waals surface area contributed by atoms with Gasteiger partial charge in [0.2, 0.25) is 0 Å². The monoisotopic (exact) mass is 367 g/mol. The Kier molecular flexibility index (Phi) is 4.83. The maximum absolute atomic E-state index is 12.8. The lowest BCUT2D eigenvalue weighted by molar-refractivity contribution is 0.0938. The number of benzene rings is 1. The Balaban J connectivity index is 1.50. The number of amides is 1. The molecule has 1 atom stereocenters. The number of aryl methyl sites for hydroxylation is 2. The van der Waals surface area contributed by atoms with E-state index in [4.69, 9.17) is 0 Å². The van der Waals surface area contributed by atoms with Crippen molar-refractivity contribution in [1.29, 1.82) is 0 Å². The van der Waals surface area contributed by atoms with Gasteiger partial charge in [-0.1, -0.05) is 6.07 Å². The molecule has 0 unspecified atom stereocenters. The minimum Gasteiger partial charge on any atom is -0.358 e. The Morgan fingerprint density at radius 1 is 1.27 bits per heavy atom. The molecule has 0 aliphatic carbocycles. The molecule has 3 heterocycles. The highest BCUT2D eigenvalue weighted by Gasteiger charge is 2.24. The van der Waals surface area contributed by atoms with Crippen LogP contribution in [0.4, 0.5) is 0 Å². The third-order valence-electron chi connectivity index (χ3n) is 5.48. The predicted octanol–water partition coefficient (Wildman–Crippen LogP) is 4.41. The normalized spacial score (nSPS) is 16.2. The largest absolute Gasteiger partial charge is 0.358 e. The van der Waals surface area contributed by atoms with E-state index in [2.05, 4.69) is 46.6 Å². The molecular formula is C21H25N3OS. The molecule has 0 bridgehead atoms. The number of hydrogen-bond donors (Lipinski definition) is 2. The molecule has 0 saturated carbocycles. The van der Waals surface area contributed by atoms with Crippen molar-refractivity contribution in [3.63, 3.8) is 0 Å². The lowest BCUT2D eigenvalue weighted by atomic mass is 10.1. The molecule has 1 amide bonds. The molecule has 1 saturated heterocycles. The summed E-state index contributed by atoms with van der Waals surface area (Å²) >= 11 is 1.77. The first-order valence-electron chi connectivity index (χ1n) is 9.28. The van der Waals surface area contributed by atoms with E-state index in [1.807, 2.05) is 18.2 Å². The van der Waals surface area contributed by atoms with E-state index in [1.54, 1.807) is 11.3 Å². The maximum atomic E-state index is 12.8. The second kappa shape index (κ2) is 7.25. The third kappa shape index (κ3) is 3.29. The summed E-state index contributed by atoms with van der Waals surface area (Å²) in [7, 11) is 0. The zero-order valence-electron chi connectivity index (χ0n) is 15.3. The lowest BCUT2D eigenvalue weighted by Crippen LogP contribution is -2.36. The van der Waals surface area contributed by atoms with Crippen molar-refractivity contribution in [2.45, 2.75) is 32.7 Å². The van der Waals surface area contributed by atoms with Crippen molar-refractivity contribution in [1.82, 2.24) is 15.2 Å². The van der Waals surface area contributed by atoms with Crippen LogP contribution in [0.1, 0.15) is 45.4 Å². The van der Waals surface area contributed by atoms with Crippen LogP contribution in [0, 0.1) is 13.8 Å². The summed E-state index contributed by atoms with van der Waals surface area (Å²) in [6.45, 7) is 7.05. The SMILES string of the molecule is Cc1[nH]c2ccc(C(=O)NC[C@@H](c3cccs3)N3CCCC3)cc2c1C. The van der Waals surface area contributed by atoms with Crippen LogP contribution in [-0.2, 0) is 0 Å². The van der Waals surface area contributed by atoms with E-state index >= 15 is 0 Å². The zero-order valence-corrected chi connectivity index (χ0v) is 16.2. The van der Waals surface area contributed by atoms with Crippen LogP contribution in [0.25, 0.3) is 10.9 Å².